The van der Waals surface area contributed by atoms with E-state index in [2.05, 4.69) is 33.0 Å². The van der Waals surface area contributed by atoms with Gasteiger partial charge in [0.1, 0.15) is 0 Å². The molecule has 2 unspecified atom stereocenters. The van der Waals surface area contributed by atoms with E-state index in [9.17, 15) is 5.11 Å². The van der Waals surface area contributed by atoms with Crippen molar-refractivity contribution in [1.82, 2.24) is 5.32 Å². The summed E-state index contributed by atoms with van der Waals surface area (Å²) in [6.45, 7) is 9.84. The van der Waals surface area contributed by atoms with E-state index in [0.717, 1.165) is 11.8 Å². The van der Waals surface area contributed by atoms with Crippen LogP contribution in [0.15, 0.2) is 0 Å². The van der Waals surface area contributed by atoms with Gasteiger partial charge >= 0.3 is 0 Å². The minimum atomic E-state index is 0.105. The van der Waals surface area contributed by atoms with Gasteiger partial charge in [-0.25, -0.2) is 0 Å². The summed E-state index contributed by atoms with van der Waals surface area (Å²) >= 11 is 0. The average molecular weight is 256 g/mol. The zero-order valence-corrected chi connectivity index (χ0v) is 12.6. The Morgan fingerprint density at radius 2 is 1.78 bits per heavy atom. The zero-order valence-electron chi connectivity index (χ0n) is 12.6. The molecule has 108 valence electrons. The van der Waals surface area contributed by atoms with Gasteiger partial charge in [0, 0.05) is 24.7 Å². The maximum absolute atomic E-state index is 9.23. The Morgan fingerprint density at radius 3 is 2.17 bits per heavy atom. The number of hydrogen-bond acceptors (Lipinski definition) is 3. The number of aliphatic hydroxyl groups excluding tert-OH is 1. The van der Waals surface area contributed by atoms with Crippen molar-refractivity contribution in [3.63, 3.8) is 0 Å². The van der Waals surface area contributed by atoms with Crippen LogP contribution in [-0.2, 0) is 0 Å². The molecule has 0 aliphatic heterocycles. The molecule has 2 atom stereocenters. The predicted molar refractivity (Wildman–Crippen MR) is 77.4 cm³/mol. The molecule has 0 aromatic heterocycles. The van der Waals surface area contributed by atoms with Gasteiger partial charge < -0.3 is 16.2 Å². The Balaban J connectivity index is 2.55. The van der Waals surface area contributed by atoms with Crippen molar-refractivity contribution in [3.8, 4) is 0 Å². The molecule has 1 aliphatic rings. The monoisotopic (exact) mass is 256 g/mol. The molecule has 18 heavy (non-hydrogen) atoms. The van der Waals surface area contributed by atoms with Crippen LogP contribution in [0.2, 0.25) is 0 Å². The zero-order chi connectivity index (χ0) is 13.8. The van der Waals surface area contributed by atoms with E-state index in [-0.39, 0.29) is 18.1 Å². The molecule has 0 radical (unpaired) electrons. The first-order chi connectivity index (χ1) is 8.44. The van der Waals surface area contributed by atoms with Gasteiger partial charge in [0.05, 0.1) is 0 Å². The second kappa shape index (κ2) is 6.88. The number of nitrogens with one attached hydrogen (secondary N) is 1. The Bertz CT molecular complexity index is 235. The number of nitrogens with two attached hydrogens (primary N) is 1. The quantitative estimate of drug-likeness (QED) is 0.682. The van der Waals surface area contributed by atoms with Crippen molar-refractivity contribution in [2.45, 2.75) is 65.0 Å². The van der Waals surface area contributed by atoms with Crippen molar-refractivity contribution in [1.29, 1.82) is 0 Å². The van der Waals surface area contributed by atoms with E-state index >= 15 is 0 Å². The lowest BCUT2D eigenvalue weighted by atomic mass is 9.72. The Kier molecular flexibility index (Phi) is 6.09. The maximum Gasteiger partial charge on any atom is 0.0471 e. The fourth-order valence-corrected chi connectivity index (χ4v) is 3.05. The lowest BCUT2D eigenvalue weighted by Crippen LogP contribution is -2.58. The van der Waals surface area contributed by atoms with Crippen LogP contribution in [0.3, 0.4) is 0 Å². The Hall–Kier alpha value is -0.120. The van der Waals surface area contributed by atoms with Crippen LogP contribution >= 0.6 is 0 Å². The van der Waals surface area contributed by atoms with Crippen LogP contribution in [0.5, 0.6) is 0 Å². The molecule has 4 N–H and O–H groups in total. The van der Waals surface area contributed by atoms with Crippen LogP contribution in [-0.4, -0.2) is 29.8 Å². The molecule has 1 fully saturated rings. The summed E-state index contributed by atoms with van der Waals surface area (Å²) in [6, 6.07) is 0.328. The molecular formula is C15H32N2O. The topological polar surface area (TPSA) is 58.3 Å². The highest BCUT2D eigenvalue weighted by atomic mass is 16.3. The third kappa shape index (κ3) is 3.94. The standard InChI is InChI=1S/C15H32N2O/c1-11(2)14-5-7-15(10-16,8-6-14)17-13(4)12(3)9-18/h11-14,17-18H,5-10,16H2,1-4H3. The van der Waals surface area contributed by atoms with Gasteiger partial charge in [0.2, 0.25) is 0 Å². The van der Waals surface area contributed by atoms with E-state index in [1.165, 1.54) is 25.7 Å². The Morgan fingerprint density at radius 1 is 1.22 bits per heavy atom. The molecule has 1 saturated carbocycles. The summed E-state index contributed by atoms with van der Waals surface area (Å²) in [5, 5.41) is 12.9. The first-order valence-electron chi connectivity index (χ1n) is 7.52. The average Bonchev–Trinajstić information content (AvgIpc) is 2.38. The first-order valence-corrected chi connectivity index (χ1v) is 7.52. The lowest BCUT2D eigenvalue weighted by Gasteiger charge is -2.44. The summed E-state index contributed by atoms with van der Waals surface area (Å²) in [7, 11) is 0. The van der Waals surface area contributed by atoms with Gasteiger partial charge in [-0.15, -0.1) is 0 Å². The third-order valence-corrected chi connectivity index (χ3v) is 5.00. The molecule has 0 saturated heterocycles. The second-order valence-electron chi connectivity index (χ2n) is 6.66. The molecule has 1 rings (SSSR count). The highest BCUT2D eigenvalue weighted by Crippen LogP contribution is 2.35. The smallest absolute Gasteiger partial charge is 0.0471 e. The normalized spacial score (nSPS) is 32.5. The van der Waals surface area contributed by atoms with Gasteiger partial charge in [0.15, 0.2) is 0 Å². The summed E-state index contributed by atoms with van der Waals surface area (Å²) in [6.07, 6.45) is 4.91. The fourth-order valence-electron chi connectivity index (χ4n) is 3.05. The number of rotatable bonds is 6. The van der Waals surface area contributed by atoms with Crippen LogP contribution < -0.4 is 11.1 Å². The highest BCUT2D eigenvalue weighted by Gasteiger charge is 2.36. The molecule has 0 aromatic carbocycles. The Labute approximate surface area is 113 Å². The molecule has 0 bridgehead atoms. The first kappa shape index (κ1) is 15.9. The van der Waals surface area contributed by atoms with E-state index in [4.69, 9.17) is 5.73 Å². The van der Waals surface area contributed by atoms with Crippen molar-refractivity contribution >= 4 is 0 Å². The summed E-state index contributed by atoms with van der Waals surface area (Å²) in [5.41, 5.74) is 6.13. The highest BCUT2D eigenvalue weighted by molar-refractivity contribution is 4.96. The SMILES string of the molecule is CC(C)C1CCC(CN)(NC(C)C(C)CO)CC1. The number of aliphatic hydroxyl groups is 1. The van der Waals surface area contributed by atoms with Crippen molar-refractivity contribution in [2.24, 2.45) is 23.5 Å². The van der Waals surface area contributed by atoms with Crippen LogP contribution in [0.1, 0.15) is 53.4 Å². The molecule has 1 aliphatic carbocycles. The van der Waals surface area contributed by atoms with Crippen molar-refractivity contribution < 1.29 is 5.11 Å². The molecule has 0 heterocycles. The van der Waals surface area contributed by atoms with E-state index < -0.39 is 0 Å². The summed E-state index contributed by atoms with van der Waals surface area (Å²) in [4.78, 5) is 0. The predicted octanol–water partition coefficient (Wildman–Crippen LogP) is 2.14. The maximum atomic E-state index is 9.23. The van der Waals surface area contributed by atoms with Gasteiger partial charge in [0.25, 0.3) is 0 Å². The molecule has 0 spiro atoms. The van der Waals surface area contributed by atoms with Crippen molar-refractivity contribution in [2.75, 3.05) is 13.2 Å². The second-order valence-corrected chi connectivity index (χ2v) is 6.66. The molecular weight excluding hydrogens is 224 g/mol. The van der Waals surface area contributed by atoms with Crippen LogP contribution in [0.25, 0.3) is 0 Å². The van der Waals surface area contributed by atoms with E-state index in [1.807, 2.05) is 0 Å². The molecule has 0 aromatic rings. The number of hydrogen-bond donors (Lipinski definition) is 3. The molecule has 3 nitrogen and oxygen atoms in total. The largest absolute Gasteiger partial charge is 0.396 e. The summed E-state index contributed by atoms with van der Waals surface area (Å²) < 4.78 is 0. The van der Waals surface area contributed by atoms with Crippen LogP contribution in [0, 0.1) is 17.8 Å². The molecule has 3 heteroatoms. The van der Waals surface area contributed by atoms with Crippen LogP contribution in [0.4, 0.5) is 0 Å². The third-order valence-electron chi connectivity index (χ3n) is 5.00. The van der Waals surface area contributed by atoms with Gasteiger partial charge in [-0.2, -0.15) is 0 Å². The summed E-state index contributed by atoms with van der Waals surface area (Å²) in [5.74, 6) is 1.93. The minimum Gasteiger partial charge on any atom is -0.396 e. The van der Waals surface area contributed by atoms with Gasteiger partial charge in [-0.3, -0.25) is 0 Å². The lowest BCUT2D eigenvalue weighted by molar-refractivity contribution is 0.128. The van der Waals surface area contributed by atoms with E-state index in [0.29, 0.717) is 12.6 Å². The van der Waals surface area contributed by atoms with Gasteiger partial charge in [-0.1, -0.05) is 20.8 Å². The fraction of sp³-hybridized carbons (Fsp3) is 1.00. The molecule has 0 amide bonds. The van der Waals surface area contributed by atoms with Gasteiger partial charge in [-0.05, 0) is 50.4 Å². The van der Waals surface area contributed by atoms with Crippen molar-refractivity contribution in [3.05, 3.63) is 0 Å². The van der Waals surface area contributed by atoms with E-state index in [1.54, 1.807) is 0 Å². The minimum absolute atomic E-state index is 0.105.